The number of nitrogens with one attached hydrogen (secondary N) is 2. The average Bonchev–Trinajstić information content (AvgIpc) is 2.78. The lowest BCUT2D eigenvalue weighted by Crippen LogP contribution is -2.29. The van der Waals surface area contributed by atoms with E-state index in [0.717, 1.165) is 25.5 Å². The lowest BCUT2D eigenvalue weighted by atomic mass is 10.2. The molecule has 0 bridgehead atoms. The van der Waals surface area contributed by atoms with Crippen LogP contribution in [0.25, 0.3) is 0 Å². The van der Waals surface area contributed by atoms with Crippen LogP contribution in [-0.4, -0.2) is 24.1 Å². The molecule has 6 heteroatoms. The number of hydrogen-bond donors (Lipinski definition) is 2. The van der Waals surface area contributed by atoms with Crippen LogP contribution in [0, 0.1) is 15.9 Å². The van der Waals surface area contributed by atoms with E-state index in [4.69, 9.17) is 0 Å². The summed E-state index contributed by atoms with van der Waals surface area (Å²) in [4.78, 5) is 10.1. The summed E-state index contributed by atoms with van der Waals surface area (Å²) in [7, 11) is 0. The Balaban J connectivity index is 2.09. The van der Waals surface area contributed by atoms with Crippen LogP contribution >= 0.6 is 0 Å². The molecular weight excluding hydrogens is 225 g/mol. The molecule has 92 valence electrons. The van der Waals surface area contributed by atoms with Crippen LogP contribution in [0.2, 0.25) is 0 Å². The van der Waals surface area contributed by atoms with E-state index < -0.39 is 16.4 Å². The zero-order valence-corrected chi connectivity index (χ0v) is 9.28. The minimum atomic E-state index is -0.806. The molecule has 0 radical (unpaired) electrons. The van der Waals surface area contributed by atoms with Crippen molar-refractivity contribution in [3.05, 3.63) is 34.1 Å². The van der Waals surface area contributed by atoms with Gasteiger partial charge >= 0.3 is 5.69 Å². The topological polar surface area (TPSA) is 67.2 Å². The van der Waals surface area contributed by atoms with E-state index in [1.54, 1.807) is 0 Å². The standard InChI is InChI=1S/C11H14FN3O2/c12-9-4-1-5-10(11(9)15(16)17)14-7-8-3-2-6-13-8/h1,4-5,8,13-14H,2-3,6-7H2. The van der Waals surface area contributed by atoms with Gasteiger partial charge in [-0.25, -0.2) is 0 Å². The van der Waals surface area contributed by atoms with E-state index in [0.29, 0.717) is 12.6 Å². The lowest BCUT2D eigenvalue weighted by Gasteiger charge is -2.12. The van der Waals surface area contributed by atoms with Crippen LogP contribution in [-0.2, 0) is 0 Å². The maximum Gasteiger partial charge on any atom is 0.327 e. The fourth-order valence-corrected chi connectivity index (χ4v) is 2.01. The zero-order chi connectivity index (χ0) is 12.3. The molecule has 1 atom stereocenters. The molecule has 1 heterocycles. The van der Waals surface area contributed by atoms with E-state index in [1.165, 1.54) is 12.1 Å². The van der Waals surface area contributed by atoms with Gasteiger partial charge in [-0.1, -0.05) is 6.07 Å². The Morgan fingerprint density at radius 3 is 3.06 bits per heavy atom. The second-order valence-electron chi connectivity index (χ2n) is 4.07. The second-order valence-corrected chi connectivity index (χ2v) is 4.07. The fourth-order valence-electron chi connectivity index (χ4n) is 2.01. The third kappa shape index (κ3) is 2.71. The van der Waals surface area contributed by atoms with Crippen LogP contribution in [0.5, 0.6) is 0 Å². The van der Waals surface area contributed by atoms with Crippen molar-refractivity contribution in [2.75, 3.05) is 18.4 Å². The molecule has 1 saturated heterocycles. The normalized spacial score (nSPS) is 19.2. The number of nitrogens with zero attached hydrogens (tertiary/aromatic N) is 1. The van der Waals surface area contributed by atoms with Gasteiger partial charge in [-0.05, 0) is 31.5 Å². The van der Waals surface area contributed by atoms with Gasteiger partial charge in [0, 0.05) is 12.6 Å². The van der Waals surface area contributed by atoms with Crippen LogP contribution in [0.4, 0.5) is 15.8 Å². The molecule has 0 aromatic heterocycles. The molecule has 1 fully saturated rings. The van der Waals surface area contributed by atoms with Gasteiger partial charge in [-0.3, -0.25) is 10.1 Å². The highest BCUT2D eigenvalue weighted by Crippen LogP contribution is 2.27. The van der Waals surface area contributed by atoms with Crippen molar-refractivity contribution in [1.82, 2.24) is 5.32 Å². The molecule has 1 aromatic carbocycles. The highest BCUT2D eigenvalue weighted by molar-refractivity contribution is 5.62. The summed E-state index contributed by atoms with van der Waals surface area (Å²) in [6.45, 7) is 1.54. The maximum absolute atomic E-state index is 13.3. The van der Waals surface area contributed by atoms with Gasteiger partial charge in [-0.15, -0.1) is 0 Å². The third-order valence-corrected chi connectivity index (χ3v) is 2.87. The number of nitro groups is 1. The summed E-state index contributed by atoms with van der Waals surface area (Å²) >= 11 is 0. The molecule has 0 saturated carbocycles. The Hall–Kier alpha value is -1.69. The largest absolute Gasteiger partial charge is 0.378 e. The molecule has 1 aliphatic rings. The Morgan fingerprint density at radius 2 is 2.41 bits per heavy atom. The predicted molar refractivity (Wildman–Crippen MR) is 62.6 cm³/mol. The molecule has 2 N–H and O–H groups in total. The number of halogens is 1. The van der Waals surface area contributed by atoms with Crippen LogP contribution < -0.4 is 10.6 Å². The maximum atomic E-state index is 13.3. The summed E-state index contributed by atoms with van der Waals surface area (Å²) in [6, 6.07) is 4.39. The highest BCUT2D eigenvalue weighted by atomic mass is 19.1. The van der Waals surface area contributed by atoms with E-state index in [1.807, 2.05) is 0 Å². The molecule has 0 amide bonds. The first-order valence-electron chi connectivity index (χ1n) is 5.58. The summed E-state index contributed by atoms with van der Waals surface area (Å²) in [6.07, 6.45) is 2.15. The number of benzene rings is 1. The molecule has 0 aliphatic carbocycles. The van der Waals surface area contributed by atoms with Gasteiger partial charge < -0.3 is 10.6 Å². The first-order valence-corrected chi connectivity index (χ1v) is 5.58. The Bertz CT molecular complexity index is 419. The molecule has 1 unspecified atom stereocenters. The number of hydrogen-bond acceptors (Lipinski definition) is 4. The minimum absolute atomic E-state index is 0.240. The minimum Gasteiger partial charge on any atom is -0.378 e. The van der Waals surface area contributed by atoms with Crippen LogP contribution in [0.1, 0.15) is 12.8 Å². The van der Waals surface area contributed by atoms with Crippen molar-refractivity contribution in [3.63, 3.8) is 0 Å². The molecule has 1 aromatic rings. The molecule has 0 spiro atoms. The summed E-state index contributed by atoms with van der Waals surface area (Å²) in [5.41, 5.74) is -0.241. The number of nitro benzene ring substituents is 1. The fraction of sp³-hybridized carbons (Fsp3) is 0.455. The van der Waals surface area contributed by atoms with Crippen molar-refractivity contribution >= 4 is 11.4 Å². The third-order valence-electron chi connectivity index (χ3n) is 2.87. The van der Waals surface area contributed by atoms with Gasteiger partial charge in [0.15, 0.2) is 0 Å². The smallest absolute Gasteiger partial charge is 0.327 e. The van der Waals surface area contributed by atoms with E-state index in [9.17, 15) is 14.5 Å². The van der Waals surface area contributed by atoms with Crippen molar-refractivity contribution in [3.8, 4) is 0 Å². The van der Waals surface area contributed by atoms with Gasteiger partial charge in [0.05, 0.1) is 4.92 Å². The Kier molecular flexibility index (Phi) is 3.53. The van der Waals surface area contributed by atoms with Gasteiger partial charge in [0.2, 0.25) is 5.82 Å². The summed E-state index contributed by atoms with van der Waals surface area (Å²) < 4.78 is 13.3. The van der Waals surface area contributed by atoms with E-state index >= 15 is 0 Å². The molecule has 2 rings (SSSR count). The SMILES string of the molecule is O=[N+]([O-])c1c(F)cccc1NCC1CCCN1. The monoisotopic (exact) mass is 239 g/mol. The van der Waals surface area contributed by atoms with Gasteiger partial charge in [-0.2, -0.15) is 4.39 Å². The lowest BCUT2D eigenvalue weighted by molar-refractivity contribution is -0.386. The Morgan fingerprint density at radius 1 is 1.59 bits per heavy atom. The zero-order valence-electron chi connectivity index (χ0n) is 9.28. The van der Waals surface area contributed by atoms with Crippen LogP contribution in [0.15, 0.2) is 18.2 Å². The number of rotatable bonds is 4. The first kappa shape index (κ1) is 11.8. The van der Waals surface area contributed by atoms with Gasteiger partial charge in [0.25, 0.3) is 0 Å². The van der Waals surface area contributed by atoms with Crippen molar-refractivity contribution in [2.24, 2.45) is 0 Å². The molecule has 1 aliphatic heterocycles. The second kappa shape index (κ2) is 5.09. The Labute approximate surface area is 98.2 Å². The number of anilines is 1. The molecule has 5 nitrogen and oxygen atoms in total. The predicted octanol–water partition coefficient (Wildman–Crippen LogP) is 1.90. The van der Waals surface area contributed by atoms with E-state index in [-0.39, 0.29) is 5.69 Å². The average molecular weight is 239 g/mol. The summed E-state index contributed by atoms with van der Waals surface area (Å²) in [5.74, 6) is -0.806. The van der Waals surface area contributed by atoms with E-state index in [2.05, 4.69) is 10.6 Å². The highest BCUT2D eigenvalue weighted by Gasteiger charge is 2.21. The number of para-hydroxylation sites is 1. The quantitative estimate of drug-likeness (QED) is 0.622. The van der Waals surface area contributed by atoms with Crippen molar-refractivity contribution in [1.29, 1.82) is 0 Å². The van der Waals surface area contributed by atoms with Gasteiger partial charge in [0.1, 0.15) is 5.69 Å². The van der Waals surface area contributed by atoms with Crippen molar-refractivity contribution < 1.29 is 9.31 Å². The molecular formula is C11H14FN3O2. The van der Waals surface area contributed by atoms with Crippen molar-refractivity contribution in [2.45, 2.75) is 18.9 Å². The van der Waals surface area contributed by atoms with Crippen LogP contribution in [0.3, 0.4) is 0 Å². The first-order chi connectivity index (χ1) is 8.18. The summed E-state index contributed by atoms with van der Waals surface area (Å²) in [5, 5.41) is 16.9. The molecule has 17 heavy (non-hydrogen) atoms.